The first kappa shape index (κ1) is 20.0. The molecular weight excluding hydrogens is 359 g/mol. The number of benzene rings is 2. The molecule has 0 bridgehead atoms. The van der Waals surface area contributed by atoms with Crippen molar-refractivity contribution in [1.29, 1.82) is 0 Å². The zero-order valence-electron chi connectivity index (χ0n) is 14.4. The second-order valence-electron chi connectivity index (χ2n) is 5.61. The van der Waals surface area contributed by atoms with Gasteiger partial charge in [-0.2, -0.15) is 0 Å². The molecule has 0 aliphatic heterocycles. The number of carbonyl (C=O) groups excluding carboxylic acids is 1. The molecule has 0 spiro atoms. The van der Waals surface area contributed by atoms with Crippen molar-refractivity contribution in [2.75, 3.05) is 20.3 Å². The molecule has 0 radical (unpaired) electrons. The van der Waals surface area contributed by atoms with Gasteiger partial charge >= 0.3 is 0 Å². The predicted molar refractivity (Wildman–Crippen MR) is 95.5 cm³/mol. The number of amides is 1. The lowest BCUT2D eigenvalue weighted by atomic mass is 10.1. The van der Waals surface area contributed by atoms with Crippen LogP contribution in [0.4, 0.5) is 4.39 Å². The summed E-state index contributed by atoms with van der Waals surface area (Å²) in [5.41, 5.74) is 1.49. The lowest BCUT2D eigenvalue weighted by Gasteiger charge is -2.08. The number of methoxy groups -OCH3 is 1. The Morgan fingerprint density at radius 3 is 2.27 bits per heavy atom. The normalized spacial score (nSPS) is 11.3. The molecule has 0 aromatic heterocycles. The molecule has 26 heavy (non-hydrogen) atoms. The number of nitrogens with one attached hydrogen (secondary N) is 2. The maximum absolute atomic E-state index is 12.8. The Kier molecular flexibility index (Phi) is 7.26. The molecule has 2 rings (SSSR count). The van der Waals surface area contributed by atoms with Crippen molar-refractivity contribution < 1.29 is 22.3 Å². The summed E-state index contributed by atoms with van der Waals surface area (Å²) in [7, 11) is -2.08. The number of hydrogen-bond acceptors (Lipinski definition) is 4. The maximum atomic E-state index is 12.8. The highest BCUT2D eigenvalue weighted by atomic mass is 32.2. The standard InChI is InChI=1S/C18H21FN2O4S/c1-25-11-10-21-26(23,24)17-8-4-15(5-9-17)13-20-18(22)12-14-2-6-16(19)7-3-14/h2-9,21H,10-13H2,1H3,(H,20,22). The molecule has 2 aromatic rings. The minimum atomic E-state index is -3.57. The molecule has 140 valence electrons. The molecule has 0 aliphatic rings. The van der Waals surface area contributed by atoms with E-state index in [0.29, 0.717) is 5.56 Å². The van der Waals surface area contributed by atoms with Gasteiger partial charge in [0, 0.05) is 20.2 Å². The Bertz CT molecular complexity index is 821. The van der Waals surface area contributed by atoms with Crippen molar-refractivity contribution >= 4 is 15.9 Å². The molecule has 8 heteroatoms. The summed E-state index contributed by atoms with van der Waals surface area (Å²) in [5, 5.41) is 2.75. The molecular formula is C18H21FN2O4S. The third-order valence-corrected chi connectivity index (χ3v) is 5.08. The first-order valence-corrected chi connectivity index (χ1v) is 9.48. The van der Waals surface area contributed by atoms with Crippen molar-refractivity contribution in [2.24, 2.45) is 0 Å². The van der Waals surface area contributed by atoms with Crippen molar-refractivity contribution in [3.05, 3.63) is 65.5 Å². The summed E-state index contributed by atoms with van der Waals surface area (Å²) in [5.74, 6) is -0.546. The molecule has 0 heterocycles. The van der Waals surface area contributed by atoms with Gasteiger partial charge in [0.15, 0.2) is 0 Å². The number of sulfonamides is 1. The third-order valence-electron chi connectivity index (χ3n) is 3.60. The average molecular weight is 380 g/mol. The van der Waals surface area contributed by atoms with Crippen molar-refractivity contribution in [3.8, 4) is 0 Å². The van der Waals surface area contributed by atoms with E-state index in [4.69, 9.17) is 4.74 Å². The van der Waals surface area contributed by atoms with E-state index in [9.17, 15) is 17.6 Å². The molecule has 0 fully saturated rings. The summed E-state index contributed by atoms with van der Waals surface area (Å²) in [6.07, 6.45) is 0.149. The number of rotatable bonds is 9. The van der Waals surface area contributed by atoms with Gasteiger partial charge in [-0.1, -0.05) is 24.3 Å². The van der Waals surface area contributed by atoms with Gasteiger partial charge < -0.3 is 10.1 Å². The van der Waals surface area contributed by atoms with E-state index < -0.39 is 10.0 Å². The highest BCUT2D eigenvalue weighted by Gasteiger charge is 2.13. The lowest BCUT2D eigenvalue weighted by molar-refractivity contribution is -0.120. The molecule has 0 saturated carbocycles. The fourth-order valence-electron chi connectivity index (χ4n) is 2.20. The van der Waals surface area contributed by atoms with E-state index >= 15 is 0 Å². The van der Waals surface area contributed by atoms with Crippen LogP contribution in [0.2, 0.25) is 0 Å². The average Bonchev–Trinajstić information content (AvgIpc) is 2.62. The molecule has 2 aromatic carbocycles. The van der Waals surface area contributed by atoms with Crippen LogP contribution in [-0.2, 0) is 32.5 Å². The Morgan fingerprint density at radius 1 is 1.04 bits per heavy atom. The van der Waals surface area contributed by atoms with Crippen LogP contribution in [0.25, 0.3) is 0 Å². The SMILES string of the molecule is COCCNS(=O)(=O)c1ccc(CNC(=O)Cc2ccc(F)cc2)cc1. The van der Waals surface area contributed by atoms with Gasteiger partial charge in [-0.25, -0.2) is 17.5 Å². The van der Waals surface area contributed by atoms with Gasteiger partial charge in [0.05, 0.1) is 17.9 Å². The topological polar surface area (TPSA) is 84.5 Å². The van der Waals surface area contributed by atoms with E-state index in [0.717, 1.165) is 5.56 Å². The molecule has 6 nitrogen and oxygen atoms in total. The third kappa shape index (κ3) is 6.21. The Labute approximate surface area is 152 Å². The number of ether oxygens (including phenoxy) is 1. The minimum Gasteiger partial charge on any atom is -0.383 e. The van der Waals surface area contributed by atoms with Crippen molar-refractivity contribution in [3.63, 3.8) is 0 Å². The Balaban J connectivity index is 1.86. The Hall–Kier alpha value is -2.29. The van der Waals surface area contributed by atoms with Crippen LogP contribution >= 0.6 is 0 Å². The summed E-state index contributed by atoms with van der Waals surface area (Å²) < 4.78 is 44.2. The summed E-state index contributed by atoms with van der Waals surface area (Å²) in [6.45, 7) is 0.759. The van der Waals surface area contributed by atoms with E-state index in [1.165, 1.54) is 31.4 Å². The van der Waals surface area contributed by atoms with Crippen LogP contribution in [0.3, 0.4) is 0 Å². The van der Waals surface area contributed by atoms with E-state index in [-0.39, 0.29) is 42.7 Å². The quantitative estimate of drug-likeness (QED) is 0.648. The number of hydrogen-bond donors (Lipinski definition) is 2. The van der Waals surface area contributed by atoms with E-state index in [2.05, 4.69) is 10.0 Å². The van der Waals surface area contributed by atoms with Gasteiger partial charge in [0.2, 0.25) is 15.9 Å². The van der Waals surface area contributed by atoms with Crippen molar-refractivity contribution in [1.82, 2.24) is 10.0 Å². The zero-order valence-corrected chi connectivity index (χ0v) is 15.2. The fraction of sp³-hybridized carbons (Fsp3) is 0.278. The molecule has 0 saturated heterocycles. The van der Waals surface area contributed by atoms with Crippen molar-refractivity contribution in [2.45, 2.75) is 17.9 Å². The predicted octanol–water partition coefficient (Wildman–Crippen LogP) is 1.61. The summed E-state index contributed by atoms with van der Waals surface area (Å²) in [6, 6.07) is 12.0. The second kappa shape index (κ2) is 9.42. The van der Waals surface area contributed by atoms with Gasteiger partial charge in [0.1, 0.15) is 5.82 Å². The summed E-state index contributed by atoms with van der Waals surface area (Å²) >= 11 is 0. The van der Waals surface area contributed by atoms with Crippen LogP contribution < -0.4 is 10.0 Å². The Morgan fingerprint density at radius 2 is 1.65 bits per heavy atom. The van der Waals surface area contributed by atoms with Crippen LogP contribution in [0, 0.1) is 5.82 Å². The highest BCUT2D eigenvalue weighted by Crippen LogP contribution is 2.10. The van der Waals surface area contributed by atoms with Gasteiger partial charge in [-0.05, 0) is 35.4 Å². The monoisotopic (exact) mass is 380 g/mol. The molecule has 0 aliphatic carbocycles. The highest BCUT2D eigenvalue weighted by molar-refractivity contribution is 7.89. The first-order chi connectivity index (χ1) is 12.4. The first-order valence-electron chi connectivity index (χ1n) is 7.99. The lowest BCUT2D eigenvalue weighted by Crippen LogP contribution is -2.27. The maximum Gasteiger partial charge on any atom is 0.240 e. The zero-order chi connectivity index (χ0) is 19.0. The molecule has 2 N–H and O–H groups in total. The van der Waals surface area contributed by atoms with Gasteiger partial charge in [-0.15, -0.1) is 0 Å². The molecule has 1 amide bonds. The van der Waals surface area contributed by atoms with Crippen LogP contribution in [0.15, 0.2) is 53.4 Å². The van der Waals surface area contributed by atoms with Crippen LogP contribution in [0.1, 0.15) is 11.1 Å². The second-order valence-corrected chi connectivity index (χ2v) is 7.38. The van der Waals surface area contributed by atoms with Crippen LogP contribution in [-0.4, -0.2) is 34.6 Å². The van der Waals surface area contributed by atoms with Gasteiger partial charge in [0.25, 0.3) is 0 Å². The largest absolute Gasteiger partial charge is 0.383 e. The fourth-order valence-corrected chi connectivity index (χ4v) is 3.21. The smallest absolute Gasteiger partial charge is 0.240 e. The minimum absolute atomic E-state index is 0.148. The number of halogens is 1. The number of carbonyl (C=O) groups is 1. The van der Waals surface area contributed by atoms with E-state index in [1.54, 1.807) is 24.3 Å². The van der Waals surface area contributed by atoms with E-state index in [1.807, 2.05) is 0 Å². The summed E-state index contributed by atoms with van der Waals surface area (Å²) in [4.78, 5) is 12.1. The van der Waals surface area contributed by atoms with Gasteiger partial charge in [-0.3, -0.25) is 4.79 Å². The molecule has 0 unspecified atom stereocenters. The molecule has 0 atom stereocenters. The van der Waals surface area contributed by atoms with Crippen LogP contribution in [0.5, 0.6) is 0 Å².